The molecule has 0 spiro atoms. The SMILES string of the molecule is OCCn1c(-c2ccccc2)nc2cc(Cl)ccc21. The van der Waals surface area contributed by atoms with Gasteiger partial charge in [0.2, 0.25) is 0 Å². The summed E-state index contributed by atoms with van der Waals surface area (Å²) in [5, 5.41) is 9.92. The maximum absolute atomic E-state index is 9.25. The van der Waals surface area contributed by atoms with Crippen molar-refractivity contribution in [3.63, 3.8) is 0 Å². The van der Waals surface area contributed by atoms with E-state index >= 15 is 0 Å². The third kappa shape index (κ3) is 2.23. The third-order valence-electron chi connectivity index (χ3n) is 3.07. The molecule has 0 aliphatic rings. The van der Waals surface area contributed by atoms with E-state index in [-0.39, 0.29) is 6.61 Å². The first kappa shape index (κ1) is 12.2. The van der Waals surface area contributed by atoms with E-state index in [1.165, 1.54) is 0 Å². The summed E-state index contributed by atoms with van der Waals surface area (Å²) in [6.45, 7) is 0.594. The van der Waals surface area contributed by atoms with Crippen LogP contribution in [0.3, 0.4) is 0 Å². The molecule has 4 heteroatoms. The van der Waals surface area contributed by atoms with E-state index in [1.54, 1.807) is 0 Å². The highest BCUT2D eigenvalue weighted by Gasteiger charge is 2.12. The summed E-state index contributed by atoms with van der Waals surface area (Å²) in [4.78, 5) is 4.63. The highest BCUT2D eigenvalue weighted by Crippen LogP contribution is 2.26. The molecule has 1 N–H and O–H groups in total. The van der Waals surface area contributed by atoms with Crippen LogP contribution in [-0.2, 0) is 6.54 Å². The molecular weight excluding hydrogens is 260 g/mol. The first-order valence-electron chi connectivity index (χ1n) is 6.11. The van der Waals surface area contributed by atoms with Gasteiger partial charge in [0.25, 0.3) is 0 Å². The summed E-state index contributed by atoms with van der Waals surface area (Å²) in [6.07, 6.45) is 0. The van der Waals surface area contributed by atoms with Crippen LogP contribution in [0.15, 0.2) is 48.5 Å². The number of fused-ring (bicyclic) bond motifs is 1. The van der Waals surface area contributed by atoms with E-state index in [0.29, 0.717) is 11.6 Å². The zero-order valence-corrected chi connectivity index (χ0v) is 11.0. The van der Waals surface area contributed by atoms with Crippen LogP contribution in [0.25, 0.3) is 22.4 Å². The van der Waals surface area contributed by atoms with Crippen molar-refractivity contribution in [2.75, 3.05) is 6.61 Å². The maximum Gasteiger partial charge on any atom is 0.141 e. The van der Waals surface area contributed by atoms with Crippen molar-refractivity contribution in [3.05, 3.63) is 53.6 Å². The summed E-state index contributed by atoms with van der Waals surface area (Å²) in [7, 11) is 0. The zero-order chi connectivity index (χ0) is 13.2. The van der Waals surface area contributed by atoms with Gasteiger partial charge in [0.05, 0.1) is 17.6 Å². The van der Waals surface area contributed by atoms with Crippen molar-refractivity contribution >= 4 is 22.6 Å². The monoisotopic (exact) mass is 272 g/mol. The predicted octanol–water partition coefficient (Wildman–Crippen LogP) is 3.35. The average Bonchev–Trinajstić information content (AvgIpc) is 2.78. The molecule has 3 aromatic rings. The van der Waals surface area contributed by atoms with E-state index in [2.05, 4.69) is 4.98 Å². The van der Waals surface area contributed by atoms with E-state index in [1.807, 2.05) is 53.1 Å². The fourth-order valence-electron chi connectivity index (χ4n) is 2.24. The van der Waals surface area contributed by atoms with Crippen LogP contribution in [0.1, 0.15) is 0 Å². The van der Waals surface area contributed by atoms with Crippen molar-refractivity contribution < 1.29 is 5.11 Å². The van der Waals surface area contributed by atoms with E-state index < -0.39 is 0 Å². The molecule has 0 radical (unpaired) electrons. The highest BCUT2D eigenvalue weighted by atomic mass is 35.5. The lowest BCUT2D eigenvalue weighted by Crippen LogP contribution is -2.03. The number of hydrogen-bond acceptors (Lipinski definition) is 2. The van der Waals surface area contributed by atoms with Gasteiger partial charge in [0.1, 0.15) is 5.82 Å². The largest absolute Gasteiger partial charge is 0.395 e. The van der Waals surface area contributed by atoms with Gasteiger partial charge in [-0.05, 0) is 18.2 Å². The molecule has 0 fully saturated rings. The molecule has 0 saturated carbocycles. The fourth-order valence-corrected chi connectivity index (χ4v) is 2.40. The van der Waals surface area contributed by atoms with Gasteiger partial charge in [0.15, 0.2) is 0 Å². The Bertz CT molecular complexity index is 707. The number of halogens is 1. The quantitative estimate of drug-likeness (QED) is 0.794. The molecule has 2 aromatic carbocycles. The summed E-state index contributed by atoms with van der Waals surface area (Å²) in [5.41, 5.74) is 2.86. The maximum atomic E-state index is 9.25. The second kappa shape index (κ2) is 5.03. The minimum atomic E-state index is 0.0773. The van der Waals surface area contributed by atoms with Crippen LogP contribution in [0.4, 0.5) is 0 Å². The van der Waals surface area contributed by atoms with E-state index in [9.17, 15) is 5.11 Å². The van der Waals surface area contributed by atoms with Crippen molar-refractivity contribution in [3.8, 4) is 11.4 Å². The van der Waals surface area contributed by atoms with Gasteiger partial charge in [0, 0.05) is 17.1 Å². The van der Waals surface area contributed by atoms with Gasteiger partial charge in [-0.15, -0.1) is 0 Å². The second-order valence-corrected chi connectivity index (χ2v) is 4.75. The Morgan fingerprint density at radius 1 is 1.11 bits per heavy atom. The molecule has 0 bridgehead atoms. The lowest BCUT2D eigenvalue weighted by Gasteiger charge is -2.07. The Morgan fingerprint density at radius 2 is 1.89 bits per heavy atom. The van der Waals surface area contributed by atoms with Crippen molar-refractivity contribution in [2.24, 2.45) is 0 Å². The van der Waals surface area contributed by atoms with Gasteiger partial charge < -0.3 is 9.67 Å². The standard InChI is InChI=1S/C15H13ClN2O/c16-12-6-7-14-13(10-12)17-15(18(14)8-9-19)11-4-2-1-3-5-11/h1-7,10,19H,8-9H2. The minimum absolute atomic E-state index is 0.0773. The van der Waals surface area contributed by atoms with Gasteiger partial charge in [-0.3, -0.25) is 0 Å². The zero-order valence-electron chi connectivity index (χ0n) is 10.3. The Hall–Kier alpha value is -1.84. The molecule has 3 nitrogen and oxygen atoms in total. The van der Waals surface area contributed by atoms with E-state index in [0.717, 1.165) is 22.4 Å². The van der Waals surface area contributed by atoms with Crippen molar-refractivity contribution in [1.82, 2.24) is 9.55 Å². The van der Waals surface area contributed by atoms with Gasteiger partial charge in [-0.2, -0.15) is 0 Å². The van der Waals surface area contributed by atoms with Gasteiger partial charge >= 0.3 is 0 Å². The van der Waals surface area contributed by atoms with Gasteiger partial charge in [-0.1, -0.05) is 41.9 Å². The van der Waals surface area contributed by atoms with Crippen molar-refractivity contribution in [1.29, 1.82) is 0 Å². The smallest absolute Gasteiger partial charge is 0.141 e. The molecule has 96 valence electrons. The number of aliphatic hydroxyl groups is 1. The normalized spacial score (nSPS) is 11.1. The number of benzene rings is 2. The van der Waals surface area contributed by atoms with Crippen LogP contribution in [0, 0.1) is 0 Å². The minimum Gasteiger partial charge on any atom is -0.395 e. The average molecular weight is 273 g/mol. The topological polar surface area (TPSA) is 38.0 Å². The molecule has 1 heterocycles. The number of aliphatic hydroxyl groups excluding tert-OH is 1. The number of nitrogens with zero attached hydrogens (tertiary/aromatic N) is 2. The highest BCUT2D eigenvalue weighted by molar-refractivity contribution is 6.31. The van der Waals surface area contributed by atoms with Crippen molar-refractivity contribution in [2.45, 2.75) is 6.54 Å². The summed E-state index contributed by atoms with van der Waals surface area (Å²) in [5.74, 6) is 0.854. The Labute approximate surface area is 116 Å². The number of rotatable bonds is 3. The molecule has 0 atom stereocenters. The van der Waals surface area contributed by atoms with Gasteiger partial charge in [-0.25, -0.2) is 4.98 Å². The lowest BCUT2D eigenvalue weighted by atomic mass is 10.2. The molecule has 0 saturated heterocycles. The first-order valence-corrected chi connectivity index (χ1v) is 6.49. The van der Waals surface area contributed by atoms with Crippen LogP contribution in [0.5, 0.6) is 0 Å². The summed E-state index contributed by atoms with van der Waals surface area (Å²) < 4.78 is 2.01. The van der Waals surface area contributed by atoms with Crippen LogP contribution < -0.4 is 0 Å². The Kier molecular flexibility index (Phi) is 3.23. The molecule has 0 unspecified atom stereocenters. The molecule has 0 aliphatic carbocycles. The van der Waals surface area contributed by atoms with Crippen LogP contribution in [0.2, 0.25) is 5.02 Å². The summed E-state index contributed by atoms with van der Waals surface area (Å²) >= 11 is 6.00. The number of aromatic nitrogens is 2. The molecule has 19 heavy (non-hydrogen) atoms. The number of imidazole rings is 1. The lowest BCUT2D eigenvalue weighted by molar-refractivity contribution is 0.278. The molecule has 0 aliphatic heterocycles. The molecule has 1 aromatic heterocycles. The third-order valence-corrected chi connectivity index (χ3v) is 3.30. The number of hydrogen-bond donors (Lipinski definition) is 1. The van der Waals surface area contributed by atoms with E-state index in [4.69, 9.17) is 11.6 Å². The predicted molar refractivity (Wildman–Crippen MR) is 77.3 cm³/mol. The Balaban J connectivity index is 2.26. The molecular formula is C15H13ClN2O. The first-order chi connectivity index (χ1) is 9.29. The van der Waals surface area contributed by atoms with Crippen LogP contribution >= 0.6 is 11.6 Å². The van der Waals surface area contributed by atoms with Crippen LogP contribution in [-0.4, -0.2) is 21.3 Å². The summed E-state index contributed by atoms with van der Waals surface area (Å²) in [6, 6.07) is 15.6. The molecule has 3 rings (SSSR count). The molecule has 0 amide bonds. The Morgan fingerprint density at radius 3 is 2.63 bits per heavy atom. The fraction of sp³-hybridized carbons (Fsp3) is 0.133. The second-order valence-electron chi connectivity index (χ2n) is 4.31.